The van der Waals surface area contributed by atoms with Gasteiger partial charge in [-0.2, -0.15) is 0 Å². The van der Waals surface area contributed by atoms with Crippen LogP contribution in [-0.4, -0.2) is 50.7 Å². The maximum Gasteiger partial charge on any atom is 0.275 e. The lowest BCUT2D eigenvalue weighted by atomic mass is 10.1. The van der Waals surface area contributed by atoms with E-state index in [0.29, 0.717) is 11.3 Å². The largest absolute Gasteiger partial charge is 0.448 e. The molecular weight excluding hydrogens is 304 g/mol. The van der Waals surface area contributed by atoms with Crippen molar-refractivity contribution in [3.8, 4) is 0 Å². The van der Waals surface area contributed by atoms with Crippen molar-refractivity contribution in [2.24, 2.45) is 0 Å². The second kappa shape index (κ2) is 6.83. The summed E-state index contributed by atoms with van der Waals surface area (Å²) in [6, 6.07) is 1.35. The molecule has 2 heterocycles. The second-order valence-electron chi connectivity index (χ2n) is 5.88. The van der Waals surface area contributed by atoms with Gasteiger partial charge in [-0.15, -0.1) is 0 Å². The van der Waals surface area contributed by atoms with Crippen molar-refractivity contribution in [1.82, 2.24) is 9.21 Å². The summed E-state index contributed by atoms with van der Waals surface area (Å²) in [5.41, 5.74) is 0.348. The van der Waals surface area contributed by atoms with Crippen molar-refractivity contribution in [1.29, 1.82) is 0 Å². The predicted octanol–water partition coefficient (Wildman–Crippen LogP) is 2.24. The first-order valence-electron chi connectivity index (χ1n) is 7.66. The lowest BCUT2D eigenvalue weighted by Crippen LogP contribution is -2.34. The Hall–Kier alpha value is -1.34. The highest BCUT2D eigenvalue weighted by molar-refractivity contribution is 7.88. The van der Waals surface area contributed by atoms with E-state index < -0.39 is 10.0 Å². The number of carbonyl (C=O) groups is 1. The molecule has 1 aromatic rings. The van der Waals surface area contributed by atoms with E-state index in [1.807, 2.05) is 4.90 Å². The number of furan rings is 1. The van der Waals surface area contributed by atoms with Gasteiger partial charge in [-0.25, -0.2) is 12.7 Å². The van der Waals surface area contributed by atoms with E-state index in [2.05, 4.69) is 0 Å². The van der Waals surface area contributed by atoms with Crippen molar-refractivity contribution >= 4 is 15.9 Å². The maximum atomic E-state index is 12.7. The summed E-state index contributed by atoms with van der Waals surface area (Å²) in [4.78, 5) is 14.5. The Morgan fingerprint density at radius 3 is 2.23 bits per heavy atom. The first-order chi connectivity index (χ1) is 10.3. The number of nitrogens with zero attached hydrogens (tertiary/aromatic N) is 2. The van der Waals surface area contributed by atoms with Gasteiger partial charge in [-0.05, 0) is 19.8 Å². The summed E-state index contributed by atoms with van der Waals surface area (Å²) in [7, 11) is -0.785. The lowest BCUT2D eigenvalue weighted by Gasteiger charge is -2.24. The second-order valence-corrected chi connectivity index (χ2v) is 7.97. The zero-order valence-corrected chi connectivity index (χ0v) is 14.3. The van der Waals surface area contributed by atoms with Crippen LogP contribution in [0, 0.1) is 6.92 Å². The van der Waals surface area contributed by atoms with Gasteiger partial charge in [-0.1, -0.05) is 19.3 Å². The average molecular weight is 328 g/mol. The van der Waals surface area contributed by atoms with Crippen LogP contribution in [-0.2, 0) is 10.0 Å². The molecule has 1 aromatic heterocycles. The molecule has 0 spiro atoms. The molecule has 22 heavy (non-hydrogen) atoms. The molecule has 0 unspecified atom stereocenters. The summed E-state index contributed by atoms with van der Waals surface area (Å²) in [6.07, 6.45) is 5.47. The Morgan fingerprint density at radius 2 is 1.68 bits per heavy atom. The van der Waals surface area contributed by atoms with Crippen molar-refractivity contribution in [3.05, 3.63) is 17.4 Å². The Labute approximate surface area is 132 Å². The SMILES string of the molecule is Cc1oc(S(=O)(=O)N(C)C)cc1C(=O)N1CCCCCCC1. The Balaban J connectivity index is 2.25. The van der Waals surface area contributed by atoms with Gasteiger partial charge in [-0.3, -0.25) is 4.79 Å². The number of carbonyl (C=O) groups excluding carboxylic acids is 1. The minimum atomic E-state index is -3.66. The molecule has 0 aliphatic carbocycles. The average Bonchev–Trinajstić information content (AvgIpc) is 2.80. The number of hydrogen-bond donors (Lipinski definition) is 0. The van der Waals surface area contributed by atoms with Gasteiger partial charge in [0.2, 0.25) is 5.09 Å². The molecule has 0 radical (unpaired) electrons. The molecule has 0 N–H and O–H groups in total. The predicted molar refractivity (Wildman–Crippen MR) is 83.3 cm³/mol. The molecule has 1 aliphatic heterocycles. The summed E-state index contributed by atoms with van der Waals surface area (Å²) in [5.74, 6) is 0.218. The van der Waals surface area contributed by atoms with Gasteiger partial charge in [0.1, 0.15) is 5.76 Å². The van der Waals surface area contributed by atoms with Gasteiger partial charge < -0.3 is 9.32 Å². The van der Waals surface area contributed by atoms with Crippen molar-refractivity contribution in [2.75, 3.05) is 27.2 Å². The highest BCUT2D eigenvalue weighted by Gasteiger charge is 2.27. The third-order valence-corrected chi connectivity index (χ3v) is 5.67. The number of rotatable bonds is 3. The fraction of sp³-hybridized carbons (Fsp3) is 0.667. The van der Waals surface area contributed by atoms with Crippen LogP contribution < -0.4 is 0 Å². The van der Waals surface area contributed by atoms with Gasteiger partial charge in [0, 0.05) is 33.3 Å². The molecule has 0 bridgehead atoms. The molecule has 1 aliphatic rings. The van der Waals surface area contributed by atoms with E-state index in [-0.39, 0.29) is 11.0 Å². The van der Waals surface area contributed by atoms with Gasteiger partial charge in [0.15, 0.2) is 0 Å². The minimum absolute atomic E-state index is 0.136. The monoisotopic (exact) mass is 328 g/mol. The zero-order valence-electron chi connectivity index (χ0n) is 13.5. The van der Waals surface area contributed by atoms with Crippen LogP contribution in [0.5, 0.6) is 0 Å². The van der Waals surface area contributed by atoms with E-state index >= 15 is 0 Å². The minimum Gasteiger partial charge on any atom is -0.448 e. The van der Waals surface area contributed by atoms with Crippen LogP contribution in [0.3, 0.4) is 0 Å². The molecule has 1 saturated heterocycles. The Morgan fingerprint density at radius 1 is 1.14 bits per heavy atom. The van der Waals surface area contributed by atoms with Gasteiger partial charge in [0.25, 0.3) is 15.9 Å². The third kappa shape index (κ3) is 3.52. The maximum absolute atomic E-state index is 12.7. The van der Waals surface area contributed by atoms with E-state index in [1.165, 1.54) is 26.6 Å². The molecule has 0 atom stereocenters. The summed E-state index contributed by atoms with van der Waals surface area (Å²) in [5, 5.41) is -0.176. The molecule has 124 valence electrons. The lowest BCUT2D eigenvalue weighted by molar-refractivity contribution is 0.0740. The zero-order chi connectivity index (χ0) is 16.3. The smallest absolute Gasteiger partial charge is 0.275 e. The van der Waals surface area contributed by atoms with E-state index in [4.69, 9.17) is 4.42 Å². The number of likely N-dealkylation sites (tertiary alicyclic amines) is 1. The van der Waals surface area contributed by atoms with Crippen molar-refractivity contribution in [2.45, 2.75) is 44.1 Å². The topological polar surface area (TPSA) is 70.8 Å². The van der Waals surface area contributed by atoms with Crippen molar-refractivity contribution in [3.63, 3.8) is 0 Å². The molecule has 2 rings (SSSR count). The fourth-order valence-corrected chi connectivity index (χ4v) is 3.45. The number of hydrogen-bond acceptors (Lipinski definition) is 4. The van der Waals surface area contributed by atoms with Crippen LogP contribution >= 0.6 is 0 Å². The fourth-order valence-electron chi connectivity index (χ4n) is 2.60. The Bertz CT molecular complexity index is 626. The summed E-state index contributed by atoms with van der Waals surface area (Å²) < 4.78 is 30.6. The standard InChI is InChI=1S/C15H24N2O4S/c1-12-13(11-14(21-12)22(19,20)16(2)3)15(18)17-9-7-5-4-6-8-10-17/h11H,4-10H2,1-3H3. The first-order valence-corrected chi connectivity index (χ1v) is 9.10. The molecule has 1 amide bonds. The van der Waals surface area contributed by atoms with Gasteiger partial charge in [0.05, 0.1) is 5.56 Å². The van der Waals surface area contributed by atoms with Crippen molar-refractivity contribution < 1.29 is 17.6 Å². The highest BCUT2D eigenvalue weighted by atomic mass is 32.2. The van der Waals surface area contributed by atoms with Crippen LogP contribution in [0.4, 0.5) is 0 Å². The quantitative estimate of drug-likeness (QED) is 0.853. The summed E-state index contributed by atoms with van der Waals surface area (Å²) >= 11 is 0. The molecule has 0 aromatic carbocycles. The normalized spacial score (nSPS) is 17.4. The highest BCUT2D eigenvalue weighted by Crippen LogP contribution is 2.23. The number of aryl methyl sites for hydroxylation is 1. The Kier molecular flexibility index (Phi) is 5.28. The first kappa shape index (κ1) is 17.0. The molecule has 6 nitrogen and oxygen atoms in total. The molecule has 1 fully saturated rings. The van der Waals surface area contributed by atoms with Crippen LogP contribution in [0.25, 0.3) is 0 Å². The molecule has 0 saturated carbocycles. The van der Waals surface area contributed by atoms with E-state index in [1.54, 1.807) is 6.92 Å². The van der Waals surface area contributed by atoms with E-state index in [9.17, 15) is 13.2 Å². The third-order valence-electron chi connectivity index (χ3n) is 4.00. The number of sulfonamides is 1. The van der Waals surface area contributed by atoms with Gasteiger partial charge >= 0.3 is 0 Å². The molecular formula is C15H24N2O4S. The van der Waals surface area contributed by atoms with E-state index in [0.717, 1.165) is 43.1 Å². The van der Waals surface area contributed by atoms with Crippen LogP contribution in [0.15, 0.2) is 15.6 Å². The number of amides is 1. The van der Waals surface area contributed by atoms with Crippen LogP contribution in [0.1, 0.15) is 48.2 Å². The summed E-state index contributed by atoms with van der Waals surface area (Å²) in [6.45, 7) is 3.07. The molecule has 7 heteroatoms. The van der Waals surface area contributed by atoms with Crippen LogP contribution in [0.2, 0.25) is 0 Å².